The quantitative estimate of drug-likeness (QED) is 0.464. The fraction of sp³-hybridized carbons (Fsp3) is 0.316. The zero-order valence-corrected chi connectivity index (χ0v) is 17.4. The number of aryl methyl sites for hydroxylation is 1. The molecule has 0 radical (unpaired) electrons. The second-order valence-electron chi connectivity index (χ2n) is 6.81. The summed E-state index contributed by atoms with van der Waals surface area (Å²) >= 11 is 0. The number of sulfonamides is 1. The summed E-state index contributed by atoms with van der Waals surface area (Å²) in [6.45, 7) is 1.08. The lowest BCUT2D eigenvalue weighted by Crippen LogP contribution is -2.45. The number of benzene rings is 1. The number of carbonyl (C=O) groups is 1. The number of carbonyl (C=O) groups excluding carboxylic acids is 1. The molecule has 0 spiro atoms. The largest absolute Gasteiger partial charge is 0.488 e. The van der Waals surface area contributed by atoms with Crippen molar-refractivity contribution in [2.45, 2.75) is 30.1 Å². The van der Waals surface area contributed by atoms with E-state index in [9.17, 15) is 35.9 Å². The normalized spacial score (nSPS) is 18.4. The number of amides is 1. The van der Waals surface area contributed by atoms with Gasteiger partial charge in [0.15, 0.2) is 11.4 Å². The second-order valence-corrected chi connectivity index (χ2v) is 8.49. The van der Waals surface area contributed by atoms with Crippen LogP contribution in [0.15, 0.2) is 29.3 Å². The predicted molar refractivity (Wildman–Crippen MR) is 104 cm³/mol. The minimum absolute atomic E-state index is 0.306. The van der Waals surface area contributed by atoms with Crippen molar-refractivity contribution in [1.29, 1.82) is 0 Å². The molecule has 0 saturated heterocycles. The highest BCUT2D eigenvalue weighted by Gasteiger charge is 2.37. The molecule has 1 amide bonds. The lowest BCUT2D eigenvalue weighted by Gasteiger charge is -2.17. The number of halogens is 4. The number of hydrogen-bond donors (Lipinski definition) is 3. The molecule has 1 aromatic carbocycles. The number of aliphatic hydroxyl groups excluding tert-OH is 1. The Morgan fingerprint density at radius 1 is 1.41 bits per heavy atom. The monoisotopic (exact) mass is 475 g/mol. The molecule has 2 heterocycles. The second kappa shape index (κ2) is 8.45. The van der Waals surface area contributed by atoms with Crippen molar-refractivity contribution in [1.82, 2.24) is 9.29 Å². The maximum atomic E-state index is 13.5. The van der Waals surface area contributed by atoms with E-state index in [2.05, 4.69) is 21.9 Å². The SMILES string of the molecule is CC#C[C@H](O)[C@@H]1COc2c(cn(C)c2C(=O)Nc2ccc(F)c(C(F)(F)F)c2)S(=O)(=O)N1. The third-order valence-electron chi connectivity index (χ3n) is 4.52. The van der Waals surface area contributed by atoms with Gasteiger partial charge in [-0.05, 0) is 25.1 Å². The molecule has 0 unspecified atom stereocenters. The first-order valence-electron chi connectivity index (χ1n) is 8.98. The van der Waals surface area contributed by atoms with Gasteiger partial charge in [-0.1, -0.05) is 5.92 Å². The number of anilines is 1. The van der Waals surface area contributed by atoms with Crippen LogP contribution in [0.25, 0.3) is 0 Å². The summed E-state index contributed by atoms with van der Waals surface area (Å²) in [4.78, 5) is 12.4. The highest BCUT2D eigenvalue weighted by Crippen LogP contribution is 2.35. The predicted octanol–water partition coefficient (Wildman–Crippen LogP) is 1.86. The summed E-state index contributed by atoms with van der Waals surface area (Å²) in [7, 11) is -2.90. The lowest BCUT2D eigenvalue weighted by molar-refractivity contribution is -0.139. The Morgan fingerprint density at radius 3 is 2.72 bits per heavy atom. The van der Waals surface area contributed by atoms with Crippen LogP contribution in [0.4, 0.5) is 23.2 Å². The molecule has 1 aliphatic heterocycles. The molecule has 3 N–H and O–H groups in total. The van der Waals surface area contributed by atoms with E-state index in [-0.39, 0.29) is 23.7 Å². The standard InChI is InChI=1S/C19H17F4N3O5S/c1-3-4-14(27)13-9-31-17-15(32(29,30)25-13)8-26(2)16(17)18(28)24-10-5-6-12(20)11(7-10)19(21,22)23/h5-8,13-14,25,27H,9H2,1-2H3,(H,24,28)/t13-,14-/m0/s1. The first-order valence-corrected chi connectivity index (χ1v) is 10.5. The molecule has 32 heavy (non-hydrogen) atoms. The minimum Gasteiger partial charge on any atom is -0.488 e. The Hall–Kier alpha value is -3.08. The van der Waals surface area contributed by atoms with Gasteiger partial charge in [0.2, 0.25) is 10.0 Å². The number of ether oxygens (including phenoxy) is 1. The maximum absolute atomic E-state index is 13.5. The van der Waals surface area contributed by atoms with Crippen LogP contribution in [0.2, 0.25) is 0 Å². The molecule has 3 rings (SSSR count). The Kier molecular flexibility index (Phi) is 6.23. The van der Waals surface area contributed by atoms with Crippen molar-refractivity contribution in [2.75, 3.05) is 11.9 Å². The van der Waals surface area contributed by atoms with Gasteiger partial charge in [0.05, 0.1) is 11.6 Å². The van der Waals surface area contributed by atoms with Crippen molar-refractivity contribution in [3.05, 3.63) is 41.5 Å². The van der Waals surface area contributed by atoms with E-state index in [1.54, 1.807) is 0 Å². The zero-order chi connectivity index (χ0) is 23.8. The van der Waals surface area contributed by atoms with Crippen LogP contribution in [0.1, 0.15) is 23.0 Å². The molecule has 2 aromatic rings. The number of aliphatic hydroxyl groups is 1. The van der Waals surface area contributed by atoms with E-state index in [1.165, 1.54) is 14.0 Å². The molecule has 1 aromatic heterocycles. The molecule has 8 nitrogen and oxygen atoms in total. The molecule has 0 bridgehead atoms. The first-order chi connectivity index (χ1) is 14.8. The molecule has 172 valence electrons. The summed E-state index contributed by atoms with van der Waals surface area (Å²) < 4.78 is 86.5. The van der Waals surface area contributed by atoms with Crippen molar-refractivity contribution in [2.24, 2.45) is 7.05 Å². The van der Waals surface area contributed by atoms with Crippen molar-refractivity contribution < 1.29 is 40.6 Å². The first kappa shape index (κ1) is 23.6. The maximum Gasteiger partial charge on any atom is 0.419 e. The van der Waals surface area contributed by atoms with Crippen molar-refractivity contribution in [3.8, 4) is 17.6 Å². The molecule has 0 aliphatic carbocycles. The highest BCUT2D eigenvalue weighted by molar-refractivity contribution is 7.89. The number of nitrogens with zero attached hydrogens (tertiary/aromatic N) is 1. The van der Waals surface area contributed by atoms with E-state index in [0.29, 0.717) is 12.1 Å². The summed E-state index contributed by atoms with van der Waals surface area (Å²) in [6, 6.07) is 0.769. The average molecular weight is 475 g/mol. The van der Waals surface area contributed by atoms with Crippen LogP contribution in [0.5, 0.6) is 5.75 Å². The van der Waals surface area contributed by atoms with E-state index in [4.69, 9.17) is 4.74 Å². The van der Waals surface area contributed by atoms with Gasteiger partial charge in [0.1, 0.15) is 23.4 Å². The number of fused-ring (bicyclic) bond motifs is 1. The van der Waals surface area contributed by atoms with Gasteiger partial charge in [-0.2, -0.15) is 13.2 Å². The third kappa shape index (κ3) is 4.57. The number of hydrogen-bond acceptors (Lipinski definition) is 5. The summed E-state index contributed by atoms with van der Waals surface area (Å²) in [5, 5.41) is 12.2. The summed E-state index contributed by atoms with van der Waals surface area (Å²) in [5.41, 5.74) is -2.24. The van der Waals surface area contributed by atoms with Gasteiger partial charge >= 0.3 is 6.18 Å². The molecule has 2 atom stereocenters. The van der Waals surface area contributed by atoms with E-state index in [1.807, 2.05) is 0 Å². The van der Waals surface area contributed by atoms with Crippen LogP contribution in [-0.2, 0) is 23.2 Å². The van der Waals surface area contributed by atoms with Crippen LogP contribution < -0.4 is 14.8 Å². The lowest BCUT2D eigenvalue weighted by atomic mass is 10.1. The van der Waals surface area contributed by atoms with Gasteiger partial charge in [0.25, 0.3) is 5.91 Å². The smallest absolute Gasteiger partial charge is 0.419 e. The Balaban J connectivity index is 1.96. The van der Waals surface area contributed by atoms with Gasteiger partial charge in [-0.3, -0.25) is 4.79 Å². The number of rotatable bonds is 3. The molecule has 13 heteroatoms. The van der Waals surface area contributed by atoms with Gasteiger partial charge in [0, 0.05) is 18.9 Å². The summed E-state index contributed by atoms with van der Waals surface area (Å²) in [6.07, 6.45) is -5.28. The number of alkyl halides is 3. The van der Waals surface area contributed by atoms with Gasteiger partial charge < -0.3 is 19.7 Å². The number of aromatic nitrogens is 1. The zero-order valence-electron chi connectivity index (χ0n) is 16.6. The number of nitrogens with one attached hydrogen (secondary N) is 2. The third-order valence-corrected chi connectivity index (χ3v) is 6.01. The molecular weight excluding hydrogens is 458 g/mol. The summed E-state index contributed by atoms with van der Waals surface area (Å²) in [5.74, 6) is 1.99. The van der Waals surface area contributed by atoms with E-state index < -0.39 is 50.5 Å². The fourth-order valence-electron chi connectivity index (χ4n) is 3.05. The average Bonchev–Trinajstić information content (AvgIpc) is 2.96. The van der Waals surface area contributed by atoms with Crippen LogP contribution >= 0.6 is 0 Å². The van der Waals surface area contributed by atoms with Gasteiger partial charge in [-0.25, -0.2) is 17.5 Å². The van der Waals surface area contributed by atoms with E-state index >= 15 is 0 Å². The fourth-order valence-corrected chi connectivity index (χ4v) is 4.47. The topological polar surface area (TPSA) is 110 Å². The molecule has 0 fully saturated rings. The van der Waals surface area contributed by atoms with E-state index in [0.717, 1.165) is 16.8 Å². The van der Waals surface area contributed by atoms with Crippen LogP contribution in [0, 0.1) is 17.7 Å². The minimum atomic E-state index is -4.98. The Morgan fingerprint density at radius 2 is 2.09 bits per heavy atom. The molecular formula is C19H17F4N3O5S. The van der Waals surface area contributed by atoms with Gasteiger partial charge in [-0.15, -0.1) is 5.92 Å². The van der Waals surface area contributed by atoms with Crippen molar-refractivity contribution in [3.63, 3.8) is 0 Å². The Bertz CT molecular complexity index is 1230. The Labute approximate surface area is 180 Å². The van der Waals surface area contributed by atoms with Crippen LogP contribution in [-0.4, -0.2) is 42.8 Å². The molecule has 1 aliphatic rings. The molecule has 0 saturated carbocycles. The van der Waals surface area contributed by atoms with Crippen LogP contribution in [0.3, 0.4) is 0 Å². The van der Waals surface area contributed by atoms with Crippen molar-refractivity contribution >= 4 is 21.6 Å². The highest BCUT2D eigenvalue weighted by atomic mass is 32.2.